The van der Waals surface area contributed by atoms with Gasteiger partial charge < -0.3 is 10.2 Å². The third kappa shape index (κ3) is 3.18. The predicted octanol–water partition coefficient (Wildman–Crippen LogP) is 3.36. The highest BCUT2D eigenvalue weighted by Gasteiger charge is 2.33. The molecule has 112 valence electrons. The normalized spacial score (nSPS) is 11.7. The molecule has 0 aliphatic rings. The molecular formula is C17H18BrFO2. The summed E-state index contributed by atoms with van der Waals surface area (Å²) in [5.41, 5.74) is 1.77. The Morgan fingerprint density at radius 1 is 1.05 bits per heavy atom. The predicted molar refractivity (Wildman–Crippen MR) is 84.8 cm³/mol. The lowest BCUT2D eigenvalue weighted by molar-refractivity contribution is 0.115. The average Bonchev–Trinajstić information content (AvgIpc) is 2.50. The van der Waals surface area contributed by atoms with Crippen LogP contribution in [0.3, 0.4) is 0 Å². The van der Waals surface area contributed by atoms with Gasteiger partial charge in [0.1, 0.15) is 5.82 Å². The molecule has 0 bridgehead atoms. The van der Waals surface area contributed by atoms with Crippen LogP contribution in [0.1, 0.15) is 16.7 Å². The van der Waals surface area contributed by atoms with Gasteiger partial charge >= 0.3 is 0 Å². The highest BCUT2D eigenvalue weighted by Crippen LogP contribution is 2.33. The molecule has 0 spiro atoms. The van der Waals surface area contributed by atoms with Gasteiger partial charge in [-0.3, -0.25) is 0 Å². The fourth-order valence-corrected chi connectivity index (χ4v) is 3.05. The Hall–Kier alpha value is -1.23. The summed E-state index contributed by atoms with van der Waals surface area (Å²) in [7, 11) is 0. The van der Waals surface area contributed by atoms with E-state index < -0.39 is 5.41 Å². The van der Waals surface area contributed by atoms with Crippen molar-refractivity contribution in [1.82, 2.24) is 0 Å². The van der Waals surface area contributed by atoms with Crippen LogP contribution in [0.2, 0.25) is 0 Å². The topological polar surface area (TPSA) is 40.5 Å². The molecule has 0 fully saturated rings. The van der Waals surface area contributed by atoms with E-state index in [2.05, 4.69) is 15.9 Å². The van der Waals surface area contributed by atoms with Crippen molar-refractivity contribution in [2.24, 2.45) is 0 Å². The third-order valence-corrected chi connectivity index (χ3v) is 4.77. The third-order valence-electron chi connectivity index (χ3n) is 3.88. The van der Waals surface area contributed by atoms with Gasteiger partial charge in [-0.25, -0.2) is 4.39 Å². The second kappa shape index (κ2) is 6.69. The first-order chi connectivity index (χ1) is 10.0. The lowest BCUT2D eigenvalue weighted by Gasteiger charge is -2.32. The fraction of sp³-hybridized carbons (Fsp3) is 0.294. The van der Waals surface area contributed by atoms with Crippen molar-refractivity contribution in [3.05, 3.63) is 69.4 Å². The van der Waals surface area contributed by atoms with Crippen molar-refractivity contribution in [1.29, 1.82) is 0 Å². The van der Waals surface area contributed by atoms with E-state index in [4.69, 9.17) is 0 Å². The van der Waals surface area contributed by atoms with Crippen molar-refractivity contribution in [3.8, 4) is 0 Å². The van der Waals surface area contributed by atoms with Crippen molar-refractivity contribution in [3.63, 3.8) is 0 Å². The first-order valence-corrected chi connectivity index (χ1v) is 7.54. The number of aliphatic hydroxyl groups excluding tert-OH is 2. The quantitative estimate of drug-likeness (QED) is 0.866. The van der Waals surface area contributed by atoms with E-state index in [-0.39, 0.29) is 19.0 Å². The summed E-state index contributed by atoms with van der Waals surface area (Å²) in [6.45, 7) is 1.52. The minimum absolute atomic E-state index is 0.211. The molecule has 2 rings (SSSR count). The zero-order valence-corrected chi connectivity index (χ0v) is 13.4. The summed E-state index contributed by atoms with van der Waals surface area (Å²) in [5.74, 6) is -0.345. The molecule has 2 N–H and O–H groups in total. The molecule has 2 aromatic carbocycles. The van der Waals surface area contributed by atoms with Crippen LogP contribution < -0.4 is 0 Å². The van der Waals surface area contributed by atoms with Crippen LogP contribution in [0.25, 0.3) is 0 Å². The van der Waals surface area contributed by atoms with Crippen molar-refractivity contribution in [2.75, 3.05) is 13.2 Å². The Balaban J connectivity index is 2.49. The zero-order valence-electron chi connectivity index (χ0n) is 11.8. The van der Waals surface area contributed by atoms with E-state index >= 15 is 0 Å². The molecule has 21 heavy (non-hydrogen) atoms. The van der Waals surface area contributed by atoms with Gasteiger partial charge in [-0.15, -0.1) is 0 Å². The molecular weight excluding hydrogens is 335 g/mol. The van der Waals surface area contributed by atoms with Gasteiger partial charge in [0, 0.05) is 5.41 Å². The summed E-state index contributed by atoms with van der Waals surface area (Å²) >= 11 is 3.24. The number of benzene rings is 2. The molecule has 2 aromatic rings. The molecule has 0 atom stereocenters. The van der Waals surface area contributed by atoms with Gasteiger partial charge in [-0.2, -0.15) is 0 Å². The van der Waals surface area contributed by atoms with Gasteiger partial charge in [0.2, 0.25) is 0 Å². The lowest BCUT2D eigenvalue weighted by Crippen LogP contribution is -2.38. The summed E-state index contributed by atoms with van der Waals surface area (Å²) in [4.78, 5) is 0. The highest BCUT2D eigenvalue weighted by molar-refractivity contribution is 9.10. The van der Waals surface area contributed by atoms with Gasteiger partial charge in [0.25, 0.3) is 0 Å². The fourth-order valence-electron chi connectivity index (χ4n) is 2.64. The largest absolute Gasteiger partial charge is 0.395 e. The van der Waals surface area contributed by atoms with E-state index in [1.807, 2.05) is 31.2 Å². The second-order valence-corrected chi connectivity index (χ2v) is 6.09. The number of hydrogen-bond acceptors (Lipinski definition) is 2. The number of aryl methyl sites for hydroxylation is 1. The van der Waals surface area contributed by atoms with Crippen LogP contribution in [-0.4, -0.2) is 23.4 Å². The van der Waals surface area contributed by atoms with Gasteiger partial charge in [-0.1, -0.05) is 36.4 Å². The maximum atomic E-state index is 13.7. The molecule has 0 radical (unpaired) electrons. The number of halogens is 2. The molecule has 0 unspecified atom stereocenters. The Morgan fingerprint density at radius 2 is 1.71 bits per heavy atom. The molecule has 0 aromatic heterocycles. The van der Waals surface area contributed by atoms with Gasteiger partial charge in [0.15, 0.2) is 0 Å². The molecule has 2 nitrogen and oxygen atoms in total. The van der Waals surface area contributed by atoms with Crippen molar-refractivity contribution < 1.29 is 14.6 Å². The Bertz CT molecular complexity index is 624. The highest BCUT2D eigenvalue weighted by atomic mass is 79.9. The molecule has 0 saturated heterocycles. The minimum atomic E-state index is -0.832. The maximum absolute atomic E-state index is 13.7. The Labute approximate surface area is 132 Å². The van der Waals surface area contributed by atoms with Crippen LogP contribution in [0, 0.1) is 12.7 Å². The standard InChI is InChI=1S/C17H18BrFO2/c1-12-5-2-3-7-14(12)17(10-20,11-21)9-13-6-4-8-15(19)16(13)18/h2-8,20-21H,9-11H2,1H3. The number of aliphatic hydroxyl groups is 2. The monoisotopic (exact) mass is 352 g/mol. The molecule has 0 heterocycles. The van der Waals surface area contributed by atoms with E-state index in [1.54, 1.807) is 12.1 Å². The summed E-state index contributed by atoms with van der Waals surface area (Å²) in [5, 5.41) is 19.8. The zero-order chi connectivity index (χ0) is 15.5. The van der Waals surface area contributed by atoms with E-state index in [1.165, 1.54) is 6.07 Å². The van der Waals surface area contributed by atoms with E-state index in [9.17, 15) is 14.6 Å². The summed E-state index contributed by atoms with van der Waals surface area (Å²) in [6, 6.07) is 12.4. The summed E-state index contributed by atoms with van der Waals surface area (Å²) in [6.07, 6.45) is 0.350. The van der Waals surface area contributed by atoms with Crippen LogP contribution >= 0.6 is 15.9 Å². The average molecular weight is 353 g/mol. The first kappa shape index (κ1) is 16.1. The Morgan fingerprint density at radius 3 is 2.33 bits per heavy atom. The molecule has 0 aliphatic heterocycles. The number of hydrogen-bond donors (Lipinski definition) is 2. The minimum Gasteiger partial charge on any atom is -0.395 e. The van der Waals surface area contributed by atoms with Crippen molar-refractivity contribution in [2.45, 2.75) is 18.8 Å². The lowest BCUT2D eigenvalue weighted by atomic mass is 9.75. The van der Waals surface area contributed by atoms with Crippen LogP contribution in [0.4, 0.5) is 4.39 Å². The second-order valence-electron chi connectivity index (χ2n) is 5.30. The van der Waals surface area contributed by atoms with E-state index in [0.29, 0.717) is 10.9 Å². The van der Waals surface area contributed by atoms with Gasteiger partial charge in [0.05, 0.1) is 17.7 Å². The maximum Gasteiger partial charge on any atom is 0.137 e. The smallest absolute Gasteiger partial charge is 0.137 e. The van der Waals surface area contributed by atoms with Crippen LogP contribution in [0.15, 0.2) is 46.9 Å². The molecule has 4 heteroatoms. The first-order valence-electron chi connectivity index (χ1n) is 6.75. The summed E-state index contributed by atoms with van der Waals surface area (Å²) < 4.78 is 14.1. The SMILES string of the molecule is Cc1ccccc1C(CO)(CO)Cc1cccc(F)c1Br. The van der Waals surface area contributed by atoms with Crippen LogP contribution in [0.5, 0.6) is 0 Å². The van der Waals surface area contributed by atoms with Crippen LogP contribution in [-0.2, 0) is 11.8 Å². The van der Waals surface area contributed by atoms with E-state index in [0.717, 1.165) is 16.7 Å². The van der Waals surface area contributed by atoms with Gasteiger partial charge in [-0.05, 0) is 52.0 Å². The molecule has 0 amide bonds. The number of rotatable bonds is 5. The Kier molecular flexibility index (Phi) is 5.14. The molecule has 0 saturated carbocycles. The molecule has 0 aliphatic carbocycles. The van der Waals surface area contributed by atoms with Crippen molar-refractivity contribution >= 4 is 15.9 Å².